The fourth-order valence-electron chi connectivity index (χ4n) is 3.33. The molecule has 0 fully saturated rings. The lowest BCUT2D eigenvalue weighted by Gasteiger charge is -2.07. The van der Waals surface area contributed by atoms with E-state index in [0.717, 1.165) is 4.57 Å². The number of phenolic OH excluding ortho intramolecular Hbond substituents is 1. The SMILES string of the molecule is Cn1c(=O)c2c(nc(N/N=C/c3cc(N=Nc4ccccc4)ccc3O)n2CCO)n(C)c1=O. The number of hydrazone groups is 1. The van der Waals surface area contributed by atoms with Crippen molar-refractivity contribution in [3.8, 4) is 5.75 Å². The van der Waals surface area contributed by atoms with Gasteiger partial charge in [-0.1, -0.05) is 18.2 Å². The summed E-state index contributed by atoms with van der Waals surface area (Å²) in [6.07, 6.45) is 1.36. The van der Waals surface area contributed by atoms with Gasteiger partial charge in [0.1, 0.15) is 5.75 Å². The maximum Gasteiger partial charge on any atom is 0.332 e. The molecular formula is C22H22N8O4. The van der Waals surface area contributed by atoms with Gasteiger partial charge >= 0.3 is 5.69 Å². The van der Waals surface area contributed by atoms with E-state index in [1.54, 1.807) is 12.1 Å². The molecule has 3 N–H and O–H groups in total. The van der Waals surface area contributed by atoms with Crippen LogP contribution in [0.4, 0.5) is 17.3 Å². The first-order chi connectivity index (χ1) is 16.4. The number of aryl methyl sites for hydroxylation is 1. The van der Waals surface area contributed by atoms with Gasteiger partial charge in [-0.05, 0) is 30.3 Å². The van der Waals surface area contributed by atoms with Crippen LogP contribution < -0.4 is 16.7 Å². The minimum atomic E-state index is -0.537. The molecule has 2 aromatic carbocycles. The Morgan fingerprint density at radius 2 is 1.76 bits per heavy atom. The molecule has 2 aromatic heterocycles. The average Bonchev–Trinajstić information content (AvgIpc) is 3.21. The maximum absolute atomic E-state index is 12.6. The van der Waals surface area contributed by atoms with Crippen LogP contribution in [0.5, 0.6) is 5.75 Å². The minimum Gasteiger partial charge on any atom is -0.507 e. The molecule has 0 aliphatic carbocycles. The smallest absolute Gasteiger partial charge is 0.332 e. The molecule has 4 rings (SSSR count). The van der Waals surface area contributed by atoms with E-state index in [-0.39, 0.29) is 36.0 Å². The molecule has 34 heavy (non-hydrogen) atoms. The van der Waals surface area contributed by atoms with Crippen LogP contribution >= 0.6 is 0 Å². The monoisotopic (exact) mass is 462 g/mol. The van der Waals surface area contributed by atoms with E-state index in [9.17, 15) is 19.8 Å². The third-order valence-corrected chi connectivity index (χ3v) is 5.09. The van der Waals surface area contributed by atoms with Crippen molar-refractivity contribution in [2.45, 2.75) is 6.54 Å². The van der Waals surface area contributed by atoms with Gasteiger partial charge in [-0.25, -0.2) is 10.2 Å². The summed E-state index contributed by atoms with van der Waals surface area (Å²) in [5.41, 5.74) is 3.54. The van der Waals surface area contributed by atoms with E-state index in [1.165, 1.54) is 35.5 Å². The molecular weight excluding hydrogens is 440 g/mol. The second-order valence-corrected chi connectivity index (χ2v) is 7.34. The van der Waals surface area contributed by atoms with Crippen molar-refractivity contribution in [2.75, 3.05) is 12.0 Å². The van der Waals surface area contributed by atoms with Crippen LogP contribution in [0.1, 0.15) is 5.56 Å². The Kier molecular flexibility index (Phi) is 6.32. The molecule has 0 atom stereocenters. The van der Waals surface area contributed by atoms with Gasteiger partial charge in [0.05, 0.1) is 24.2 Å². The van der Waals surface area contributed by atoms with E-state index in [1.807, 2.05) is 30.3 Å². The van der Waals surface area contributed by atoms with Crippen molar-refractivity contribution in [2.24, 2.45) is 29.4 Å². The number of phenols is 1. The van der Waals surface area contributed by atoms with Gasteiger partial charge in [0.25, 0.3) is 5.56 Å². The van der Waals surface area contributed by atoms with Crippen LogP contribution in [0.25, 0.3) is 11.2 Å². The van der Waals surface area contributed by atoms with Gasteiger partial charge in [0, 0.05) is 26.2 Å². The molecule has 0 bridgehead atoms. The molecule has 2 heterocycles. The number of hydrogen-bond acceptors (Lipinski definition) is 9. The molecule has 12 heteroatoms. The molecule has 0 spiro atoms. The highest BCUT2D eigenvalue weighted by atomic mass is 16.3. The van der Waals surface area contributed by atoms with Crippen molar-refractivity contribution in [3.63, 3.8) is 0 Å². The van der Waals surface area contributed by atoms with Gasteiger partial charge in [-0.15, -0.1) is 0 Å². The third-order valence-electron chi connectivity index (χ3n) is 5.09. The van der Waals surface area contributed by atoms with E-state index in [2.05, 4.69) is 25.7 Å². The fraction of sp³-hybridized carbons (Fsp3) is 0.182. The Bertz CT molecular complexity index is 1520. The molecule has 0 amide bonds. The van der Waals surface area contributed by atoms with Crippen LogP contribution in [0.3, 0.4) is 0 Å². The topological polar surface area (TPSA) is 151 Å². The summed E-state index contributed by atoms with van der Waals surface area (Å²) < 4.78 is 3.66. The van der Waals surface area contributed by atoms with Crippen LogP contribution in [0.15, 0.2) is 73.4 Å². The first-order valence-electron chi connectivity index (χ1n) is 10.3. The van der Waals surface area contributed by atoms with Gasteiger partial charge in [0.15, 0.2) is 11.2 Å². The summed E-state index contributed by atoms with van der Waals surface area (Å²) in [6.45, 7) is -0.201. The second kappa shape index (κ2) is 9.50. The Morgan fingerprint density at radius 3 is 2.50 bits per heavy atom. The van der Waals surface area contributed by atoms with E-state index < -0.39 is 11.2 Å². The highest BCUT2D eigenvalue weighted by molar-refractivity contribution is 5.85. The number of aliphatic hydroxyl groups excluding tert-OH is 1. The lowest BCUT2D eigenvalue weighted by atomic mass is 10.2. The number of rotatable bonds is 7. The number of aromatic hydroxyl groups is 1. The number of anilines is 1. The van der Waals surface area contributed by atoms with Gasteiger partial charge in [-0.2, -0.15) is 20.3 Å². The molecule has 174 valence electrons. The van der Waals surface area contributed by atoms with Gasteiger partial charge in [-0.3, -0.25) is 13.9 Å². The molecule has 4 aromatic rings. The molecule has 0 saturated heterocycles. The number of nitrogens with zero attached hydrogens (tertiary/aromatic N) is 7. The van der Waals surface area contributed by atoms with Crippen LogP contribution in [-0.4, -0.2) is 41.7 Å². The molecule has 0 saturated carbocycles. The quantitative estimate of drug-likeness (QED) is 0.217. The van der Waals surface area contributed by atoms with Crippen molar-refractivity contribution >= 4 is 34.7 Å². The summed E-state index contributed by atoms with van der Waals surface area (Å²) in [5.74, 6) is 0.127. The Labute approximate surface area is 192 Å². The first-order valence-corrected chi connectivity index (χ1v) is 10.3. The van der Waals surface area contributed by atoms with Gasteiger partial charge < -0.3 is 14.8 Å². The standard InChI is InChI=1S/C22H22N8O4/c1-28-19-18(20(33)29(2)22(28)34)30(10-11-31)21(24-19)27-23-13-14-12-16(8-9-17(14)32)26-25-15-6-4-3-5-7-15/h3-9,12-13,31-32H,10-11H2,1-2H3,(H,24,27)/b23-13+,26-25?. The number of aliphatic hydroxyl groups is 1. The number of azo groups is 1. The molecule has 0 aliphatic heterocycles. The van der Waals surface area contributed by atoms with Crippen molar-refractivity contribution < 1.29 is 10.2 Å². The van der Waals surface area contributed by atoms with Crippen LogP contribution in [0, 0.1) is 0 Å². The zero-order valence-electron chi connectivity index (χ0n) is 18.5. The number of nitrogens with one attached hydrogen (secondary N) is 1. The lowest BCUT2D eigenvalue weighted by Crippen LogP contribution is -2.37. The van der Waals surface area contributed by atoms with Crippen molar-refractivity contribution in [1.29, 1.82) is 0 Å². The fourth-order valence-corrected chi connectivity index (χ4v) is 3.33. The highest BCUT2D eigenvalue weighted by Gasteiger charge is 2.18. The Hall–Kier alpha value is -4.58. The summed E-state index contributed by atoms with van der Waals surface area (Å²) in [5, 5.41) is 32.1. The lowest BCUT2D eigenvalue weighted by molar-refractivity contribution is 0.278. The normalized spacial score (nSPS) is 11.7. The van der Waals surface area contributed by atoms with Crippen LogP contribution in [-0.2, 0) is 20.6 Å². The number of aromatic nitrogens is 4. The summed E-state index contributed by atoms with van der Waals surface area (Å²) in [4.78, 5) is 29.2. The average molecular weight is 462 g/mol. The molecule has 0 unspecified atom stereocenters. The molecule has 0 radical (unpaired) electrons. The van der Waals surface area contributed by atoms with Crippen LogP contribution in [0.2, 0.25) is 0 Å². The predicted molar refractivity (Wildman–Crippen MR) is 127 cm³/mol. The first kappa shape index (κ1) is 22.6. The van der Waals surface area contributed by atoms with E-state index in [4.69, 9.17) is 0 Å². The number of fused-ring (bicyclic) bond motifs is 1. The summed E-state index contributed by atoms with van der Waals surface area (Å²) in [6, 6.07) is 13.9. The minimum absolute atomic E-state index is 0.0238. The maximum atomic E-state index is 12.6. The van der Waals surface area contributed by atoms with Gasteiger partial charge in [0.2, 0.25) is 5.95 Å². The summed E-state index contributed by atoms with van der Waals surface area (Å²) >= 11 is 0. The predicted octanol–water partition coefficient (Wildman–Crippen LogP) is 1.99. The third kappa shape index (κ3) is 4.34. The molecule has 12 nitrogen and oxygen atoms in total. The molecule has 0 aliphatic rings. The largest absolute Gasteiger partial charge is 0.507 e. The summed E-state index contributed by atoms with van der Waals surface area (Å²) in [7, 11) is 2.87. The Balaban J connectivity index is 1.64. The number of imidazole rings is 1. The van der Waals surface area contributed by atoms with E-state index in [0.29, 0.717) is 16.9 Å². The van der Waals surface area contributed by atoms with Crippen molar-refractivity contribution in [1.82, 2.24) is 18.7 Å². The zero-order valence-corrected chi connectivity index (χ0v) is 18.5. The number of hydrogen-bond donors (Lipinski definition) is 3. The number of benzene rings is 2. The van der Waals surface area contributed by atoms with E-state index >= 15 is 0 Å². The Morgan fingerprint density at radius 1 is 1.03 bits per heavy atom. The highest BCUT2D eigenvalue weighted by Crippen LogP contribution is 2.24. The second-order valence-electron chi connectivity index (χ2n) is 7.34. The zero-order chi connectivity index (χ0) is 24.2. The van der Waals surface area contributed by atoms with Crippen molar-refractivity contribution in [3.05, 3.63) is 74.9 Å².